The van der Waals surface area contributed by atoms with Crippen molar-refractivity contribution in [3.8, 4) is 0 Å². The Balaban J connectivity index is 1.57. The molecule has 106 valence electrons. The molecular formula is C15H25N3O. The fourth-order valence-corrected chi connectivity index (χ4v) is 4.45. The van der Waals surface area contributed by atoms with E-state index < -0.39 is 0 Å². The van der Waals surface area contributed by atoms with E-state index in [9.17, 15) is 0 Å². The van der Waals surface area contributed by atoms with Crippen LogP contribution in [0, 0.1) is 5.92 Å². The Morgan fingerprint density at radius 2 is 2.00 bits per heavy atom. The van der Waals surface area contributed by atoms with Gasteiger partial charge in [0.2, 0.25) is 0 Å². The minimum absolute atomic E-state index is 0.421. The lowest BCUT2D eigenvalue weighted by atomic mass is 9.75. The highest BCUT2D eigenvalue weighted by Crippen LogP contribution is 2.41. The summed E-state index contributed by atoms with van der Waals surface area (Å²) in [4.78, 5) is 0. The first-order valence-corrected chi connectivity index (χ1v) is 7.79. The van der Waals surface area contributed by atoms with E-state index in [0.29, 0.717) is 24.2 Å². The summed E-state index contributed by atoms with van der Waals surface area (Å²) in [5, 5.41) is 6.13. The number of hydrogen-bond acceptors (Lipinski definition) is 4. The van der Waals surface area contributed by atoms with Gasteiger partial charge in [-0.1, -0.05) is 5.57 Å². The van der Waals surface area contributed by atoms with Crippen LogP contribution < -0.4 is 10.7 Å². The molecule has 4 aliphatic rings. The van der Waals surface area contributed by atoms with E-state index >= 15 is 0 Å². The number of rotatable bonds is 0. The van der Waals surface area contributed by atoms with Crippen LogP contribution in [0.3, 0.4) is 0 Å². The van der Waals surface area contributed by atoms with Crippen LogP contribution in [-0.2, 0) is 4.74 Å². The molecule has 5 atom stereocenters. The third kappa shape index (κ3) is 1.97. The van der Waals surface area contributed by atoms with Crippen LogP contribution in [0.2, 0.25) is 0 Å². The maximum Gasteiger partial charge on any atom is 0.0683 e. The molecule has 4 nitrogen and oxygen atoms in total. The van der Waals surface area contributed by atoms with E-state index in [4.69, 9.17) is 4.74 Å². The van der Waals surface area contributed by atoms with Crippen molar-refractivity contribution in [3.05, 3.63) is 11.1 Å². The largest absolute Gasteiger partial charge is 0.374 e. The molecule has 4 heteroatoms. The summed E-state index contributed by atoms with van der Waals surface area (Å²) in [6.07, 6.45) is 4.07. The molecule has 2 N–H and O–H groups in total. The zero-order valence-electron chi connectivity index (χ0n) is 12.0. The molecular weight excluding hydrogens is 238 g/mol. The van der Waals surface area contributed by atoms with Crippen LogP contribution in [0.5, 0.6) is 0 Å². The van der Waals surface area contributed by atoms with Gasteiger partial charge in [-0.3, -0.25) is 5.43 Å². The summed E-state index contributed by atoms with van der Waals surface area (Å²) in [6.45, 7) is 7.66. The topological polar surface area (TPSA) is 36.5 Å². The number of nitrogens with one attached hydrogen (secondary N) is 2. The van der Waals surface area contributed by atoms with Crippen LogP contribution >= 0.6 is 0 Å². The lowest BCUT2D eigenvalue weighted by Crippen LogP contribution is -2.57. The number of fused-ring (bicyclic) bond motifs is 3. The predicted octanol–water partition coefficient (Wildman–Crippen LogP) is 1.05. The average Bonchev–Trinajstić information content (AvgIpc) is 2.76. The van der Waals surface area contributed by atoms with E-state index in [1.807, 2.05) is 0 Å². The van der Waals surface area contributed by atoms with Gasteiger partial charge in [-0.2, -0.15) is 0 Å². The summed E-state index contributed by atoms with van der Waals surface area (Å²) in [7, 11) is 0. The van der Waals surface area contributed by atoms with Gasteiger partial charge in [0.15, 0.2) is 0 Å². The van der Waals surface area contributed by atoms with Crippen LogP contribution in [0.1, 0.15) is 33.1 Å². The van der Waals surface area contributed by atoms with Crippen molar-refractivity contribution in [3.63, 3.8) is 0 Å². The molecule has 1 aliphatic carbocycles. The molecule has 0 aromatic rings. The Labute approximate surface area is 115 Å². The van der Waals surface area contributed by atoms with E-state index in [2.05, 4.69) is 29.6 Å². The number of hydrogen-bond donors (Lipinski definition) is 2. The maximum absolute atomic E-state index is 5.82. The van der Waals surface area contributed by atoms with Crippen molar-refractivity contribution in [1.29, 1.82) is 0 Å². The zero-order valence-corrected chi connectivity index (χ0v) is 12.0. The molecule has 0 spiro atoms. The van der Waals surface area contributed by atoms with Crippen molar-refractivity contribution in [2.24, 2.45) is 5.92 Å². The van der Waals surface area contributed by atoms with Crippen molar-refractivity contribution in [1.82, 2.24) is 15.8 Å². The van der Waals surface area contributed by atoms with Gasteiger partial charge in [-0.05, 0) is 44.6 Å². The molecule has 0 aromatic carbocycles. The minimum atomic E-state index is 0.421. The van der Waals surface area contributed by atoms with E-state index in [-0.39, 0.29) is 0 Å². The van der Waals surface area contributed by atoms with Crippen molar-refractivity contribution >= 4 is 0 Å². The van der Waals surface area contributed by atoms with Crippen molar-refractivity contribution in [2.45, 2.75) is 57.3 Å². The Morgan fingerprint density at radius 3 is 2.89 bits per heavy atom. The normalized spacial score (nSPS) is 46.7. The molecule has 3 heterocycles. The Bertz CT molecular complexity index is 408. The lowest BCUT2D eigenvalue weighted by Gasteiger charge is -2.38. The fourth-order valence-electron chi connectivity index (χ4n) is 4.45. The van der Waals surface area contributed by atoms with Gasteiger partial charge in [0, 0.05) is 31.2 Å². The first-order valence-electron chi connectivity index (χ1n) is 7.79. The lowest BCUT2D eigenvalue weighted by molar-refractivity contribution is 0.0633. The van der Waals surface area contributed by atoms with E-state index in [1.165, 1.54) is 12.8 Å². The van der Waals surface area contributed by atoms with Gasteiger partial charge in [0.25, 0.3) is 0 Å². The van der Waals surface area contributed by atoms with Crippen molar-refractivity contribution < 1.29 is 4.74 Å². The van der Waals surface area contributed by atoms with Gasteiger partial charge < -0.3 is 10.1 Å². The Hall–Kier alpha value is -0.420. The third-order valence-corrected chi connectivity index (χ3v) is 5.48. The van der Waals surface area contributed by atoms with Crippen LogP contribution in [-0.4, -0.2) is 48.9 Å². The van der Waals surface area contributed by atoms with Gasteiger partial charge >= 0.3 is 0 Å². The highest BCUT2D eigenvalue weighted by molar-refractivity contribution is 5.26. The standard InChI is InChI=1S/C15H25N3O/c1-9-6-16-7-15-13-4-11-3-10(2)19-8-12(11)5-14(13)17-18(9)15/h9-10,13-17H,3-8H2,1-2H3/t9-,10?,13-,14?,15?/m1/s1. The first kappa shape index (κ1) is 12.3. The zero-order chi connectivity index (χ0) is 13.0. The first-order chi connectivity index (χ1) is 9.22. The molecule has 3 unspecified atom stereocenters. The minimum Gasteiger partial charge on any atom is -0.374 e. The highest BCUT2D eigenvalue weighted by atomic mass is 16.5. The van der Waals surface area contributed by atoms with Gasteiger partial charge in [0.05, 0.1) is 12.7 Å². The van der Waals surface area contributed by atoms with Gasteiger partial charge in [-0.15, -0.1) is 0 Å². The molecule has 0 aromatic heterocycles. The monoisotopic (exact) mass is 263 g/mol. The Morgan fingerprint density at radius 1 is 1.11 bits per heavy atom. The summed E-state index contributed by atoms with van der Waals surface area (Å²) in [5.74, 6) is 0.791. The van der Waals surface area contributed by atoms with E-state index in [0.717, 1.165) is 32.0 Å². The number of hydrazine groups is 1. The second-order valence-electron chi connectivity index (χ2n) is 6.82. The maximum atomic E-state index is 5.82. The smallest absolute Gasteiger partial charge is 0.0683 e. The van der Waals surface area contributed by atoms with E-state index in [1.54, 1.807) is 11.1 Å². The molecule has 2 fully saturated rings. The molecule has 4 rings (SSSR count). The van der Waals surface area contributed by atoms with Gasteiger partial charge in [0.1, 0.15) is 0 Å². The predicted molar refractivity (Wildman–Crippen MR) is 74.7 cm³/mol. The summed E-state index contributed by atoms with van der Waals surface area (Å²) < 4.78 is 5.82. The third-order valence-electron chi connectivity index (χ3n) is 5.48. The highest BCUT2D eigenvalue weighted by Gasteiger charge is 2.47. The van der Waals surface area contributed by atoms with Crippen LogP contribution in [0.15, 0.2) is 11.1 Å². The van der Waals surface area contributed by atoms with Crippen LogP contribution in [0.4, 0.5) is 0 Å². The molecule has 0 bridgehead atoms. The second-order valence-corrected chi connectivity index (χ2v) is 6.82. The number of ether oxygens (including phenoxy) is 1. The molecule has 0 saturated carbocycles. The summed E-state index contributed by atoms with van der Waals surface area (Å²) in [5.41, 5.74) is 7.09. The SMILES string of the molecule is CC1CC2=C(CO1)CC1NN3C(CNC[C@H]3C)[C@@H]1C2. The summed E-state index contributed by atoms with van der Waals surface area (Å²) in [6, 6.07) is 1.93. The fraction of sp³-hybridized carbons (Fsp3) is 0.867. The molecule has 2 saturated heterocycles. The van der Waals surface area contributed by atoms with Crippen molar-refractivity contribution in [2.75, 3.05) is 19.7 Å². The molecule has 3 aliphatic heterocycles. The van der Waals surface area contributed by atoms with Crippen LogP contribution in [0.25, 0.3) is 0 Å². The number of nitrogens with zero attached hydrogens (tertiary/aromatic N) is 1. The molecule has 0 amide bonds. The molecule has 0 radical (unpaired) electrons. The molecule has 19 heavy (non-hydrogen) atoms. The van der Waals surface area contributed by atoms with Gasteiger partial charge in [-0.25, -0.2) is 5.01 Å². The second kappa shape index (κ2) is 4.55. The average molecular weight is 263 g/mol. The quantitative estimate of drug-likeness (QED) is 0.641. The Kier molecular flexibility index (Phi) is 2.95. The number of piperazine rings is 1. The summed E-state index contributed by atoms with van der Waals surface area (Å²) >= 11 is 0.